The van der Waals surface area contributed by atoms with Gasteiger partial charge in [0.25, 0.3) is 0 Å². The fourth-order valence-corrected chi connectivity index (χ4v) is 0.964. The molecule has 0 aliphatic rings. The topological polar surface area (TPSA) is 20.2 Å². The predicted molar refractivity (Wildman–Crippen MR) is 45.3 cm³/mol. The highest BCUT2D eigenvalue weighted by atomic mass is 35.5. The summed E-state index contributed by atoms with van der Waals surface area (Å²) in [4.78, 5) is 0. The molecule has 0 aromatic carbocycles. The number of alkyl halides is 2. The van der Waals surface area contributed by atoms with Crippen LogP contribution in [0.2, 0.25) is 0 Å². The maximum Gasteiger partial charge on any atom is 0.220 e. The van der Waals surface area contributed by atoms with Crippen molar-refractivity contribution in [2.75, 3.05) is 0 Å². The van der Waals surface area contributed by atoms with E-state index in [1.165, 1.54) is 0 Å². The molecule has 0 atom stereocenters. The Morgan fingerprint density at radius 2 is 1.70 bits per heavy atom. The van der Waals surface area contributed by atoms with Crippen LogP contribution >= 0.6 is 23.2 Å². The standard InChI is InChI=1S/C7H14Cl2O/c1-4-5-6(2,3)7(8,9)10/h10H,4-5H2,1-3H3. The van der Waals surface area contributed by atoms with Gasteiger partial charge in [0.1, 0.15) is 0 Å². The van der Waals surface area contributed by atoms with Crippen LogP contribution in [0.15, 0.2) is 0 Å². The Bertz CT molecular complexity index is 105. The molecule has 0 amide bonds. The molecule has 1 N–H and O–H groups in total. The molecule has 0 aliphatic heterocycles. The fourth-order valence-electron chi connectivity index (χ4n) is 0.775. The van der Waals surface area contributed by atoms with E-state index in [0.717, 1.165) is 12.8 Å². The molecule has 3 heteroatoms. The molecule has 0 rings (SSSR count). The molecule has 1 nitrogen and oxygen atoms in total. The highest BCUT2D eigenvalue weighted by Gasteiger charge is 2.39. The third kappa shape index (κ3) is 2.65. The normalized spacial score (nSPS) is 13.8. The number of hydrogen-bond acceptors (Lipinski definition) is 1. The largest absolute Gasteiger partial charge is 0.362 e. The first-order chi connectivity index (χ1) is 4.31. The van der Waals surface area contributed by atoms with Crippen LogP contribution in [0.25, 0.3) is 0 Å². The maximum atomic E-state index is 9.21. The van der Waals surface area contributed by atoms with Gasteiger partial charge in [-0.05, 0) is 6.42 Å². The average Bonchev–Trinajstić information content (AvgIpc) is 1.61. The molecule has 0 saturated carbocycles. The highest BCUT2D eigenvalue weighted by Crippen LogP contribution is 2.41. The van der Waals surface area contributed by atoms with Crippen molar-refractivity contribution in [1.29, 1.82) is 0 Å². The van der Waals surface area contributed by atoms with Gasteiger partial charge in [-0.3, -0.25) is 0 Å². The Morgan fingerprint density at radius 3 is 1.80 bits per heavy atom. The van der Waals surface area contributed by atoms with E-state index in [9.17, 15) is 5.11 Å². The van der Waals surface area contributed by atoms with Gasteiger partial charge in [0.2, 0.25) is 4.52 Å². The van der Waals surface area contributed by atoms with Gasteiger partial charge < -0.3 is 5.11 Å². The minimum atomic E-state index is -1.61. The van der Waals surface area contributed by atoms with Gasteiger partial charge in [-0.15, -0.1) is 0 Å². The highest BCUT2D eigenvalue weighted by molar-refractivity contribution is 6.47. The van der Waals surface area contributed by atoms with Crippen molar-refractivity contribution in [3.05, 3.63) is 0 Å². The van der Waals surface area contributed by atoms with Gasteiger partial charge >= 0.3 is 0 Å². The van der Waals surface area contributed by atoms with E-state index in [1.807, 2.05) is 20.8 Å². The number of rotatable bonds is 3. The zero-order valence-electron chi connectivity index (χ0n) is 6.62. The van der Waals surface area contributed by atoms with Crippen molar-refractivity contribution < 1.29 is 5.11 Å². The maximum absolute atomic E-state index is 9.21. The molecule has 10 heavy (non-hydrogen) atoms. The van der Waals surface area contributed by atoms with E-state index in [2.05, 4.69) is 0 Å². The molecule has 62 valence electrons. The first-order valence-corrected chi connectivity index (χ1v) is 4.17. The number of halogens is 2. The molecule has 0 saturated heterocycles. The predicted octanol–water partition coefficient (Wildman–Crippen LogP) is 2.94. The van der Waals surface area contributed by atoms with Crippen LogP contribution in [0.5, 0.6) is 0 Å². The van der Waals surface area contributed by atoms with Crippen LogP contribution in [0.4, 0.5) is 0 Å². The first-order valence-electron chi connectivity index (χ1n) is 3.41. The van der Waals surface area contributed by atoms with E-state index < -0.39 is 9.93 Å². The van der Waals surface area contributed by atoms with E-state index in [1.54, 1.807) is 0 Å². The number of aliphatic hydroxyl groups is 1. The van der Waals surface area contributed by atoms with Crippen molar-refractivity contribution in [3.63, 3.8) is 0 Å². The molecular weight excluding hydrogens is 171 g/mol. The monoisotopic (exact) mass is 184 g/mol. The lowest BCUT2D eigenvalue weighted by Gasteiger charge is -2.32. The van der Waals surface area contributed by atoms with Crippen LogP contribution in [-0.4, -0.2) is 9.63 Å². The second-order valence-corrected chi connectivity index (χ2v) is 4.46. The molecule has 0 spiro atoms. The summed E-state index contributed by atoms with van der Waals surface area (Å²) >= 11 is 11.0. The number of hydrogen-bond donors (Lipinski definition) is 1. The van der Waals surface area contributed by atoms with Crippen molar-refractivity contribution in [2.45, 2.75) is 38.1 Å². The molecule has 0 fully saturated rings. The lowest BCUT2D eigenvalue weighted by atomic mass is 9.89. The SMILES string of the molecule is CCCC(C)(C)C(O)(Cl)Cl. The van der Waals surface area contributed by atoms with Crippen molar-refractivity contribution >= 4 is 23.2 Å². The minimum Gasteiger partial charge on any atom is -0.362 e. The molecule has 0 heterocycles. The van der Waals surface area contributed by atoms with Gasteiger partial charge in [-0.25, -0.2) is 0 Å². The zero-order valence-corrected chi connectivity index (χ0v) is 8.13. The van der Waals surface area contributed by atoms with E-state index >= 15 is 0 Å². The summed E-state index contributed by atoms with van der Waals surface area (Å²) in [6, 6.07) is 0. The lowest BCUT2D eigenvalue weighted by molar-refractivity contribution is 0.0738. The fraction of sp³-hybridized carbons (Fsp3) is 1.00. The van der Waals surface area contributed by atoms with Crippen molar-refractivity contribution in [2.24, 2.45) is 5.41 Å². The Balaban J connectivity index is 4.10. The van der Waals surface area contributed by atoms with Gasteiger partial charge in [0.15, 0.2) is 0 Å². The van der Waals surface area contributed by atoms with Crippen LogP contribution < -0.4 is 0 Å². The Morgan fingerprint density at radius 1 is 1.30 bits per heavy atom. The third-order valence-corrected chi connectivity index (χ3v) is 2.71. The van der Waals surface area contributed by atoms with Gasteiger partial charge in [0.05, 0.1) is 0 Å². The van der Waals surface area contributed by atoms with Crippen LogP contribution in [0.3, 0.4) is 0 Å². The van der Waals surface area contributed by atoms with E-state index in [0.29, 0.717) is 0 Å². The summed E-state index contributed by atoms with van der Waals surface area (Å²) in [5.41, 5.74) is -0.426. The molecule has 0 bridgehead atoms. The second-order valence-electron chi connectivity index (χ2n) is 3.18. The summed E-state index contributed by atoms with van der Waals surface area (Å²) in [6.45, 7) is 5.72. The van der Waals surface area contributed by atoms with E-state index in [4.69, 9.17) is 23.2 Å². The summed E-state index contributed by atoms with van der Waals surface area (Å²) in [5, 5.41) is 9.21. The molecule has 0 aromatic rings. The van der Waals surface area contributed by atoms with Crippen LogP contribution in [-0.2, 0) is 0 Å². The second kappa shape index (κ2) is 3.29. The van der Waals surface area contributed by atoms with Gasteiger partial charge in [-0.1, -0.05) is 50.4 Å². The summed E-state index contributed by atoms with van der Waals surface area (Å²) in [5.74, 6) is 0. The zero-order chi connectivity index (χ0) is 8.41. The summed E-state index contributed by atoms with van der Waals surface area (Å²) in [6.07, 6.45) is 1.78. The van der Waals surface area contributed by atoms with Gasteiger partial charge in [0, 0.05) is 5.41 Å². The lowest BCUT2D eigenvalue weighted by Crippen LogP contribution is -2.33. The van der Waals surface area contributed by atoms with E-state index in [-0.39, 0.29) is 0 Å². The summed E-state index contributed by atoms with van der Waals surface area (Å²) in [7, 11) is 0. The smallest absolute Gasteiger partial charge is 0.220 e. The van der Waals surface area contributed by atoms with Crippen molar-refractivity contribution in [3.8, 4) is 0 Å². The Kier molecular flexibility index (Phi) is 3.47. The molecule has 0 aliphatic carbocycles. The molecule has 0 unspecified atom stereocenters. The minimum absolute atomic E-state index is 0.426. The average molecular weight is 185 g/mol. The van der Waals surface area contributed by atoms with Crippen molar-refractivity contribution in [1.82, 2.24) is 0 Å². The molecule has 0 aromatic heterocycles. The third-order valence-electron chi connectivity index (χ3n) is 1.69. The van der Waals surface area contributed by atoms with Crippen LogP contribution in [0.1, 0.15) is 33.6 Å². The summed E-state index contributed by atoms with van der Waals surface area (Å²) < 4.78 is -1.61. The van der Waals surface area contributed by atoms with Crippen LogP contribution in [0, 0.1) is 5.41 Å². The Hall–Kier alpha value is 0.540. The molecule has 0 radical (unpaired) electrons. The molecular formula is C7H14Cl2O. The Labute approximate surface area is 72.3 Å². The van der Waals surface area contributed by atoms with Gasteiger partial charge in [-0.2, -0.15) is 0 Å². The first kappa shape index (κ1) is 10.5. The quantitative estimate of drug-likeness (QED) is 0.670.